The van der Waals surface area contributed by atoms with E-state index in [1.54, 1.807) is 36.4 Å². The second-order valence-corrected chi connectivity index (χ2v) is 6.73. The molecule has 0 saturated heterocycles. The fourth-order valence-electron chi connectivity index (χ4n) is 1.89. The zero-order valence-corrected chi connectivity index (χ0v) is 14.0. The Bertz CT molecular complexity index is 846. The van der Waals surface area contributed by atoms with Gasteiger partial charge in [-0.1, -0.05) is 40.4 Å². The predicted octanol–water partition coefficient (Wildman–Crippen LogP) is 3.84. The molecule has 0 bridgehead atoms. The molecule has 0 N–H and O–H groups in total. The summed E-state index contributed by atoms with van der Waals surface area (Å²) >= 11 is 8.21. The van der Waals surface area contributed by atoms with Gasteiger partial charge in [0.05, 0.1) is 10.4 Å². The Morgan fingerprint density at radius 2 is 1.91 bits per heavy atom. The van der Waals surface area contributed by atoms with E-state index < -0.39 is 5.97 Å². The van der Waals surface area contributed by atoms with Gasteiger partial charge in [-0.2, -0.15) is 0 Å². The third-order valence-electron chi connectivity index (χ3n) is 2.99. The van der Waals surface area contributed by atoms with Gasteiger partial charge in [0.2, 0.25) is 5.78 Å². The summed E-state index contributed by atoms with van der Waals surface area (Å²) in [6.07, 6.45) is 0. The van der Waals surface area contributed by atoms with Gasteiger partial charge in [-0.05, 0) is 17.5 Å². The first-order valence-electron chi connectivity index (χ1n) is 6.48. The van der Waals surface area contributed by atoms with Gasteiger partial charge in [-0.25, -0.2) is 4.79 Å². The topological polar surface area (TPSA) is 69.2 Å². The zero-order chi connectivity index (χ0) is 16.2. The predicted molar refractivity (Wildman–Crippen MR) is 88.2 cm³/mol. The third-order valence-corrected chi connectivity index (χ3v) is 4.84. The van der Waals surface area contributed by atoms with Crippen molar-refractivity contribution < 1.29 is 14.3 Å². The molecule has 0 aliphatic rings. The van der Waals surface area contributed by atoms with E-state index in [4.69, 9.17) is 16.3 Å². The van der Waals surface area contributed by atoms with Crippen molar-refractivity contribution >= 4 is 46.2 Å². The minimum absolute atomic E-state index is 0.0876. The van der Waals surface area contributed by atoms with Crippen LogP contribution in [0, 0.1) is 0 Å². The molecule has 0 unspecified atom stereocenters. The van der Waals surface area contributed by atoms with Crippen LogP contribution in [0.15, 0.2) is 41.8 Å². The van der Waals surface area contributed by atoms with Gasteiger partial charge < -0.3 is 4.74 Å². The molecule has 116 valence electrons. The molecule has 0 radical (unpaired) electrons. The van der Waals surface area contributed by atoms with Crippen molar-refractivity contribution in [2.75, 3.05) is 0 Å². The van der Waals surface area contributed by atoms with Crippen molar-refractivity contribution in [3.8, 4) is 0 Å². The molecule has 5 nitrogen and oxygen atoms in total. The molecule has 23 heavy (non-hydrogen) atoms. The van der Waals surface area contributed by atoms with Crippen LogP contribution in [0.1, 0.15) is 31.3 Å². The smallest absolute Gasteiger partial charge is 0.339 e. The summed E-state index contributed by atoms with van der Waals surface area (Å²) in [7, 11) is 0. The summed E-state index contributed by atoms with van der Waals surface area (Å²) in [5, 5.41) is 5.58. The van der Waals surface area contributed by atoms with E-state index in [1.165, 1.54) is 11.3 Å². The second-order valence-electron chi connectivity index (χ2n) is 4.42. The minimum Gasteiger partial charge on any atom is -0.455 e. The van der Waals surface area contributed by atoms with E-state index in [0.717, 1.165) is 11.5 Å². The average molecular weight is 365 g/mol. The Labute approximate surface area is 144 Å². The number of aromatic nitrogens is 2. The zero-order valence-electron chi connectivity index (χ0n) is 11.6. The molecule has 2 heterocycles. The van der Waals surface area contributed by atoms with Crippen LogP contribution in [0.25, 0.3) is 0 Å². The minimum atomic E-state index is -0.602. The van der Waals surface area contributed by atoms with E-state index in [1.807, 2.05) is 5.38 Å². The highest BCUT2D eigenvalue weighted by atomic mass is 35.5. The highest BCUT2D eigenvalue weighted by Crippen LogP contribution is 2.21. The summed E-state index contributed by atoms with van der Waals surface area (Å²) < 4.78 is 9.24. The molecule has 2 aromatic heterocycles. The number of thiophene rings is 1. The van der Waals surface area contributed by atoms with Crippen molar-refractivity contribution in [1.82, 2.24) is 9.59 Å². The molecule has 3 rings (SSSR count). The average Bonchev–Trinajstić information content (AvgIpc) is 3.24. The Balaban J connectivity index is 1.81. The van der Waals surface area contributed by atoms with E-state index in [2.05, 4.69) is 9.59 Å². The number of rotatable bonds is 5. The Morgan fingerprint density at radius 3 is 2.57 bits per heavy atom. The number of halogens is 1. The quantitative estimate of drug-likeness (QED) is 0.508. The highest BCUT2D eigenvalue weighted by Gasteiger charge is 2.20. The Kier molecular flexibility index (Phi) is 4.80. The largest absolute Gasteiger partial charge is 0.455 e. The van der Waals surface area contributed by atoms with Crippen molar-refractivity contribution in [2.45, 2.75) is 6.61 Å². The Hall–Kier alpha value is -2.09. The molecule has 0 amide bonds. The molecule has 0 spiro atoms. The second kappa shape index (κ2) is 6.99. The van der Waals surface area contributed by atoms with Crippen LogP contribution in [0.2, 0.25) is 4.34 Å². The first-order valence-corrected chi connectivity index (χ1v) is 8.51. The van der Waals surface area contributed by atoms with Crippen LogP contribution in [0.3, 0.4) is 0 Å². The van der Waals surface area contributed by atoms with Gasteiger partial charge in [0, 0.05) is 17.1 Å². The maximum absolute atomic E-state index is 12.5. The summed E-state index contributed by atoms with van der Waals surface area (Å²) in [4.78, 5) is 25.3. The van der Waals surface area contributed by atoms with Gasteiger partial charge in [0.1, 0.15) is 16.6 Å². The maximum Gasteiger partial charge on any atom is 0.339 e. The van der Waals surface area contributed by atoms with E-state index >= 15 is 0 Å². The molecule has 0 fully saturated rings. The lowest BCUT2D eigenvalue weighted by atomic mass is 10.0. The molecule has 0 atom stereocenters. The van der Waals surface area contributed by atoms with Crippen molar-refractivity contribution in [2.24, 2.45) is 0 Å². The number of ketones is 1. The normalized spacial score (nSPS) is 10.5. The van der Waals surface area contributed by atoms with Crippen molar-refractivity contribution in [3.63, 3.8) is 0 Å². The summed E-state index contributed by atoms with van der Waals surface area (Å²) in [6.45, 7) is -0.0876. The molecule has 1 aromatic carbocycles. The molecule has 0 saturated carbocycles. The number of hydrogen-bond donors (Lipinski definition) is 0. The standard InChI is InChI=1S/C15H9ClN2O3S2/c16-14-11(17-18-23-14)8-21-15(20)10-5-2-1-4-9(10)13(19)12-6-3-7-22-12/h1-7H,8H2. The molecule has 0 aliphatic carbocycles. The number of carbonyl (C=O) groups is 2. The van der Waals surface area contributed by atoms with Gasteiger partial charge in [0.25, 0.3) is 0 Å². The van der Waals surface area contributed by atoms with Gasteiger partial charge in [0.15, 0.2) is 0 Å². The monoisotopic (exact) mass is 364 g/mol. The fraction of sp³-hybridized carbons (Fsp3) is 0.0667. The molecule has 3 aromatic rings. The van der Waals surface area contributed by atoms with Crippen LogP contribution in [-0.2, 0) is 11.3 Å². The van der Waals surface area contributed by atoms with Crippen LogP contribution in [0.5, 0.6) is 0 Å². The first-order chi connectivity index (χ1) is 11.2. The number of esters is 1. The lowest BCUT2D eigenvalue weighted by Gasteiger charge is -2.07. The summed E-state index contributed by atoms with van der Waals surface area (Å²) in [6, 6.07) is 10.1. The van der Waals surface area contributed by atoms with E-state index in [9.17, 15) is 9.59 Å². The van der Waals surface area contributed by atoms with Crippen molar-refractivity contribution in [3.05, 3.63) is 67.8 Å². The maximum atomic E-state index is 12.5. The van der Waals surface area contributed by atoms with Crippen LogP contribution in [0.4, 0.5) is 0 Å². The third kappa shape index (κ3) is 3.47. The first kappa shape index (κ1) is 15.8. The number of benzene rings is 1. The number of nitrogens with zero attached hydrogens (tertiary/aromatic N) is 2. The molecular weight excluding hydrogens is 356 g/mol. The SMILES string of the molecule is O=C(OCc1nnsc1Cl)c1ccccc1C(=O)c1cccs1. The fourth-order valence-corrected chi connectivity index (χ4v) is 3.17. The van der Waals surface area contributed by atoms with Gasteiger partial charge in [-0.15, -0.1) is 16.4 Å². The summed E-state index contributed by atoms with van der Waals surface area (Å²) in [5.41, 5.74) is 0.916. The number of ether oxygens (including phenoxy) is 1. The molecule has 0 aliphatic heterocycles. The number of hydrogen-bond acceptors (Lipinski definition) is 7. The van der Waals surface area contributed by atoms with Gasteiger partial charge >= 0.3 is 5.97 Å². The number of carbonyl (C=O) groups excluding carboxylic acids is 2. The van der Waals surface area contributed by atoms with Crippen LogP contribution < -0.4 is 0 Å². The van der Waals surface area contributed by atoms with E-state index in [0.29, 0.717) is 20.5 Å². The molecular formula is C15H9ClN2O3S2. The summed E-state index contributed by atoms with van der Waals surface area (Å²) in [5.74, 6) is -0.810. The lowest BCUT2D eigenvalue weighted by Crippen LogP contribution is -2.12. The van der Waals surface area contributed by atoms with Crippen LogP contribution in [-0.4, -0.2) is 21.3 Å². The highest BCUT2D eigenvalue weighted by molar-refractivity contribution is 7.12. The molecule has 8 heteroatoms. The Morgan fingerprint density at radius 1 is 1.13 bits per heavy atom. The van der Waals surface area contributed by atoms with Crippen LogP contribution >= 0.6 is 34.5 Å². The van der Waals surface area contributed by atoms with E-state index in [-0.39, 0.29) is 18.0 Å². The van der Waals surface area contributed by atoms with Crippen molar-refractivity contribution in [1.29, 1.82) is 0 Å². The van der Waals surface area contributed by atoms with Gasteiger partial charge in [-0.3, -0.25) is 4.79 Å². The lowest BCUT2D eigenvalue weighted by molar-refractivity contribution is 0.0465.